The second-order valence-corrected chi connectivity index (χ2v) is 7.63. The number of aromatic hydroxyl groups is 1. The number of hydrogen-bond acceptors (Lipinski definition) is 5. The number of hydrogen-bond donors (Lipinski definition) is 3. The van der Waals surface area contributed by atoms with Crippen LogP contribution in [0.4, 0.5) is 0 Å². The highest BCUT2D eigenvalue weighted by Gasteiger charge is 2.23. The van der Waals surface area contributed by atoms with E-state index in [9.17, 15) is 14.7 Å². The van der Waals surface area contributed by atoms with E-state index < -0.39 is 17.9 Å². The Morgan fingerprint density at radius 1 is 0.970 bits per heavy atom. The van der Waals surface area contributed by atoms with Crippen LogP contribution in [0, 0.1) is 0 Å². The number of carbonyl (C=O) groups is 2. The van der Waals surface area contributed by atoms with Crippen molar-refractivity contribution in [2.45, 2.75) is 18.9 Å². The molecule has 0 fully saturated rings. The van der Waals surface area contributed by atoms with Crippen molar-refractivity contribution in [3.05, 3.63) is 101 Å². The summed E-state index contributed by atoms with van der Waals surface area (Å²) in [7, 11) is 1.27. The molecule has 3 rings (SSSR count). The molecule has 0 bridgehead atoms. The SMILES string of the molecule is COC(=O)[C@H](Cc1ccccc1)NC(=O)c1ccc(/C=C/c2ccc(CCN)cc2)cc1O. The highest BCUT2D eigenvalue weighted by Crippen LogP contribution is 2.21. The van der Waals surface area contributed by atoms with Gasteiger partial charge in [-0.05, 0) is 47.4 Å². The Balaban J connectivity index is 1.69. The fourth-order valence-electron chi connectivity index (χ4n) is 3.42. The molecule has 0 unspecified atom stereocenters. The lowest BCUT2D eigenvalue weighted by atomic mass is 10.0. The predicted molar refractivity (Wildman–Crippen MR) is 130 cm³/mol. The van der Waals surface area contributed by atoms with Gasteiger partial charge in [-0.25, -0.2) is 4.79 Å². The molecule has 0 radical (unpaired) electrons. The van der Waals surface area contributed by atoms with Crippen LogP contribution in [-0.2, 0) is 22.4 Å². The molecule has 0 aliphatic heterocycles. The zero-order chi connectivity index (χ0) is 23.6. The summed E-state index contributed by atoms with van der Waals surface area (Å²) < 4.78 is 4.83. The average molecular weight is 445 g/mol. The Bertz CT molecular complexity index is 1110. The van der Waals surface area contributed by atoms with Gasteiger partial charge in [0.15, 0.2) is 0 Å². The molecule has 3 aromatic carbocycles. The summed E-state index contributed by atoms with van der Waals surface area (Å²) in [6, 6.07) is 21.3. The van der Waals surface area contributed by atoms with Crippen LogP contribution < -0.4 is 11.1 Å². The van der Waals surface area contributed by atoms with Crippen LogP contribution in [-0.4, -0.2) is 36.7 Å². The minimum Gasteiger partial charge on any atom is -0.507 e. The van der Waals surface area contributed by atoms with E-state index in [4.69, 9.17) is 10.5 Å². The summed E-state index contributed by atoms with van der Waals surface area (Å²) in [5.41, 5.74) is 9.47. The monoisotopic (exact) mass is 444 g/mol. The Labute approximate surface area is 193 Å². The molecule has 1 atom stereocenters. The van der Waals surface area contributed by atoms with E-state index >= 15 is 0 Å². The minimum atomic E-state index is -0.869. The van der Waals surface area contributed by atoms with E-state index in [1.165, 1.54) is 24.8 Å². The van der Waals surface area contributed by atoms with Gasteiger partial charge >= 0.3 is 5.97 Å². The van der Waals surface area contributed by atoms with E-state index in [2.05, 4.69) is 5.32 Å². The summed E-state index contributed by atoms with van der Waals surface area (Å²) in [4.78, 5) is 24.9. The van der Waals surface area contributed by atoms with E-state index in [1.54, 1.807) is 6.07 Å². The fraction of sp³-hybridized carbons (Fsp3) is 0.185. The van der Waals surface area contributed by atoms with Crippen LogP contribution in [0.1, 0.15) is 32.6 Å². The molecule has 0 heterocycles. The van der Waals surface area contributed by atoms with Gasteiger partial charge < -0.3 is 20.9 Å². The highest BCUT2D eigenvalue weighted by molar-refractivity contribution is 5.99. The molecule has 33 heavy (non-hydrogen) atoms. The third-order valence-electron chi connectivity index (χ3n) is 5.22. The first-order chi connectivity index (χ1) is 16.0. The van der Waals surface area contributed by atoms with E-state index in [1.807, 2.05) is 66.7 Å². The highest BCUT2D eigenvalue weighted by atomic mass is 16.5. The summed E-state index contributed by atoms with van der Waals surface area (Å²) in [5, 5.41) is 13.1. The van der Waals surface area contributed by atoms with Crippen LogP contribution in [0.25, 0.3) is 12.2 Å². The molecule has 0 spiro atoms. The Morgan fingerprint density at radius 2 is 1.64 bits per heavy atom. The first kappa shape index (κ1) is 23.8. The van der Waals surface area contributed by atoms with Crippen molar-refractivity contribution in [2.24, 2.45) is 5.73 Å². The maximum Gasteiger partial charge on any atom is 0.328 e. The standard InChI is InChI=1S/C27H28N2O4/c1-33-27(32)24(17-21-5-3-2-4-6-21)29-26(31)23-14-13-22(18-25(23)30)12-11-19-7-9-20(10-8-19)15-16-28/h2-14,18,24,30H,15-17,28H2,1H3,(H,29,31)/b12-11+/t24-/m0/s1. The lowest BCUT2D eigenvalue weighted by Crippen LogP contribution is -2.43. The number of esters is 1. The van der Waals surface area contributed by atoms with Crippen LogP contribution in [0.3, 0.4) is 0 Å². The molecule has 0 saturated heterocycles. The van der Waals surface area contributed by atoms with Crippen molar-refractivity contribution in [3.8, 4) is 5.75 Å². The third kappa shape index (κ3) is 6.79. The number of ether oxygens (including phenoxy) is 1. The van der Waals surface area contributed by atoms with Crippen LogP contribution in [0.2, 0.25) is 0 Å². The smallest absolute Gasteiger partial charge is 0.328 e. The lowest BCUT2D eigenvalue weighted by Gasteiger charge is -2.17. The van der Waals surface area contributed by atoms with Crippen LogP contribution in [0.15, 0.2) is 72.8 Å². The molecular formula is C27H28N2O4. The molecule has 0 aliphatic rings. The van der Waals surface area contributed by atoms with E-state index in [-0.39, 0.29) is 17.7 Å². The Morgan fingerprint density at radius 3 is 2.27 bits per heavy atom. The molecule has 0 aromatic heterocycles. The third-order valence-corrected chi connectivity index (χ3v) is 5.22. The molecule has 6 heteroatoms. The first-order valence-electron chi connectivity index (χ1n) is 10.7. The molecule has 3 aromatic rings. The Hall–Kier alpha value is -3.90. The van der Waals surface area contributed by atoms with Gasteiger partial charge in [0.25, 0.3) is 5.91 Å². The molecule has 170 valence electrons. The van der Waals surface area contributed by atoms with Gasteiger partial charge in [-0.2, -0.15) is 0 Å². The molecule has 0 saturated carbocycles. The van der Waals surface area contributed by atoms with Crippen molar-refractivity contribution in [1.82, 2.24) is 5.32 Å². The quantitative estimate of drug-likeness (QED) is 0.346. The number of benzene rings is 3. The average Bonchev–Trinajstić information content (AvgIpc) is 2.83. The first-order valence-corrected chi connectivity index (χ1v) is 10.7. The van der Waals surface area contributed by atoms with Crippen molar-refractivity contribution >= 4 is 24.0 Å². The summed E-state index contributed by atoms with van der Waals surface area (Å²) in [5.74, 6) is -1.27. The van der Waals surface area contributed by atoms with Gasteiger partial charge in [0.1, 0.15) is 11.8 Å². The molecule has 0 aliphatic carbocycles. The number of nitrogens with one attached hydrogen (secondary N) is 1. The summed E-state index contributed by atoms with van der Waals surface area (Å²) in [6.45, 7) is 0.612. The van der Waals surface area contributed by atoms with E-state index in [0.717, 1.165) is 23.1 Å². The van der Waals surface area contributed by atoms with Crippen molar-refractivity contribution in [3.63, 3.8) is 0 Å². The maximum atomic E-state index is 12.8. The summed E-state index contributed by atoms with van der Waals surface area (Å²) in [6.07, 6.45) is 4.90. The normalized spacial score (nSPS) is 11.8. The maximum absolute atomic E-state index is 12.8. The number of phenols is 1. The van der Waals surface area contributed by atoms with Gasteiger partial charge in [-0.15, -0.1) is 0 Å². The topological polar surface area (TPSA) is 102 Å². The second-order valence-electron chi connectivity index (χ2n) is 7.63. The fourth-order valence-corrected chi connectivity index (χ4v) is 3.42. The largest absolute Gasteiger partial charge is 0.507 e. The number of phenolic OH excluding ortho intramolecular Hbond substituents is 1. The number of amides is 1. The molecular weight excluding hydrogens is 416 g/mol. The molecule has 1 amide bonds. The number of nitrogens with two attached hydrogens (primary N) is 1. The predicted octanol–water partition coefficient (Wildman–Crippen LogP) is 3.58. The minimum absolute atomic E-state index is 0.0836. The molecule has 4 N–H and O–H groups in total. The summed E-state index contributed by atoms with van der Waals surface area (Å²) >= 11 is 0. The van der Waals surface area contributed by atoms with E-state index in [0.29, 0.717) is 6.54 Å². The van der Waals surface area contributed by atoms with Gasteiger partial charge in [0, 0.05) is 6.42 Å². The Kier molecular flexibility index (Phi) is 8.38. The zero-order valence-electron chi connectivity index (χ0n) is 18.5. The van der Waals surface area contributed by atoms with Gasteiger partial charge in [-0.3, -0.25) is 4.79 Å². The number of rotatable bonds is 9. The van der Waals surface area contributed by atoms with Crippen LogP contribution >= 0.6 is 0 Å². The molecule has 6 nitrogen and oxygen atoms in total. The van der Waals surface area contributed by atoms with Crippen molar-refractivity contribution < 1.29 is 19.4 Å². The second kappa shape index (κ2) is 11.6. The van der Waals surface area contributed by atoms with Gasteiger partial charge in [-0.1, -0.05) is 72.8 Å². The van der Waals surface area contributed by atoms with Crippen molar-refractivity contribution in [2.75, 3.05) is 13.7 Å². The van der Waals surface area contributed by atoms with Crippen LogP contribution in [0.5, 0.6) is 5.75 Å². The van der Waals surface area contributed by atoms with Gasteiger partial charge in [0.2, 0.25) is 0 Å². The van der Waals surface area contributed by atoms with Gasteiger partial charge in [0.05, 0.1) is 12.7 Å². The zero-order valence-corrected chi connectivity index (χ0v) is 18.5. The number of methoxy groups -OCH3 is 1. The lowest BCUT2D eigenvalue weighted by molar-refractivity contribution is -0.142. The number of carbonyl (C=O) groups excluding carboxylic acids is 2. The van der Waals surface area contributed by atoms with Crippen molar-refractivity contribution in [1.29, 1.82) is 0 Å².